The maximum atomic E-state index is 6.09. The van der Waals surface area contributed by atoms with E-state index in [1.54, 1.807) is 0 Å². The molecule has 0 spiro atoms. The van der Waals surface area contributed by atoms with E-state index in [9.17, 15) is 0 Å². The van der Waals surface area contributed by atoms with Crippen LogP contribution in [0.3, 0.4) is 0 Å². The molecule has 0 amide bonds. The van der Waals surface area contributed by atoms with Crippen molar-refractivity contribution in [3.05, 3.63) is 23.9 Å². The monoisotopic (exact) mass is 403 g/mol. The van der Waals surface area contributed by atoms with E-state index in [-0.39, 0.29) is 0 Å². The predicted octanol–water partition coefficient (Wildman–Crippen LogP) is 2.57. The molecule has 2 N–H and O–H groups in total. The van der Waals surface area contributed by atoms with Crippen molar-refractivity contribution < 1.29 is 9.47 Å². The van der Waals surface area contributed by atoms with Gasteiger partial charge in [-0.2, -0.15) is 0 Å². The summed E-state index contributed by atoms with van der Waals surface area (Å²) in [5.41, 5.74) is 1.12. The van der Waals surface area contributed by atoms with E-state index in [0.717, 1.165) is 69.6 Å². The first-order valence-electron chi connectivity index (χ1n) is 11.2. The molecule has 1 aliphatic heterocycles. The molecule has 0 radical (unpaired) electrons. The van der Waals surface area contributed by atoms with Crippen molar-refractivity contribution in [2.45, 2.75) is 64.6 Å². The lowest BCUT2D eigenvalue weighted by atomic mass is 9.98. The number of aliphatic imine (C=N–C) groups is 1. The fraction of sp³-hybridized carbons (Fsp3) is 0.727. The molecule has 2 aliphatic rings. The minimum absolute atomic E-state index is 0.315. The predicted molar refractivity (Wildman–Crippen MR) is 116 cm³/mol. The van der Waals surface area contributed by atoms with Crippen LogP contribution in [0, 0.1) is 0 Å². The molecule has 7 heteroatoms. The second kappa shape index (κ2) is 12.0. The summed E-state index contributed by atoms with van der Waals surface area (Å²) in [5.74, 6) is 1.57. The first kappa shape index (κ1) is 21.8. The van der Waals surface area contributed by atoms with E-state index in [1.165, 1.54) is 19.3 Å². The number of nitrogens with zero attached hydrogens (tertiary/aromatic N) is 3. The number of morpholine rings is 1. The molecular weight excluding hydrogens is 366 g/mol. The molecule has 1 unspecified atom stereocenters. The van der Waals surface area contributed by atoms with Crippen LogP contribution >= 0.6 is 0 Å². The number of rotatable bonds is 8. The minimum Gasteiger partial charge on any atom is -0.474 e. The summed E-state index contributed by atoms with van der Waals surface area (Å²) in [5, 5.41) is 6.82. The molecule has 1 atom stereocenters. The fourth-order valence-corrected chi connectivity index (χ4v) is 3.87. The first-order chi connectivity index (χ1) is 14.2. The Morgan fingerprint density at radius 2 is 2.07 bits per heavy atom. The normalized spacial score (nSPS) is 20.3. The van der Waals surface area contributed by atoms with Gasteiger partial charge in [0.25, 0.3) is 0 Å². The second-order valence-electron chi connectivity index (χ2n) is 7.95. The molecule has 1 aromatic rings. The number of pyridine rings is 1. The summed E-state index contributed by atoms with van der Waals surface area (Å²) in [6.07, 6.45) is 8.26. The average molecular weight is 404 g/mol. The SMILES string of the molecule is CCNC(=NCc1ccnc(OC2CCCCC2)c1)NCC(C)N1CCOCC1. The molecule has 0 aromatic carbocycles. The quantitative estimate of drug-likeness (QED) is 0.514. The lowest BCUT2D eigenvalue weighted by Crippen LogP contribution is -2.49. The molecule has 0 bridgehead atoms. The van der Waals surface area contributed by atoms with Crippen molar-refractivity contribution >= 4 is 5.96 Å². The average Bonchev–Trinajstić information content (AvgIpc) is 2.77. The molecule has 162 valence electrons. The molecule has 3 rings (SSSR count). The van der Waals surface area contributed by atoms with E-state index in [1.807, 2.05) is 18.3 Å². The zero-order valence-electron chi connectivity index (χ0n) is 18.0. The molecule has 29 heavy (non-hydrogen) atoms. The van der Waals surface area contributed by atoms with Gasteiger partial charge in [-0.05, 0) is 51.2 Å². The highest BCUT2D eigenvalue weighted by Gasteiger charge is 2.17. The molecule has 1 aromatic heterocycles. The van der Waals surface area contributed by atoms with Crippen LogP contribution in [0.25, 0.3) is 0 Å². The van der Waals surface area contributed by atoms with Crippen molar-refractivity contribution in [1.82, 2.24) is 20.5 Å². The van der Waals surface area contributed by atoms with Gasteiger partial charge in [-0.1, -0.05) is 6.42 Å². The van der Waals surface area contributed by atoms with Gasteiger partial charge < -0.3 is 20.1 Å². The zero-order valence-corrected chi connectivity index (χ0v) is 18.0. The molecule has 7 nitrogen and oxygen atoms in total. The molecular formula is C22H37N5O2. The summed E-state index contributed by atoms with van der Waals surface area (Å²) >= 11 is 0. The Balaban J connectivity index is 1.51. The van der Waals surface area contributed by atoms with Gasteiger partial charge >= 0.3 is 0 Å². The fourth-order valence-electron chi connectivity index (χ4n) is 3.87. The molecule has 2 fully saturated rings. The van der Waals surface area contributed by atoms with Gasteiger partial charge in [-0.3, -0.25) is 4.90 Å². The van der Waals surface area contributed by atoms with Crippen molar-refractivity contribution in [3.8, 4) is 5.88 Å². The molecule has 1 saturated carbocycles. The third kappa shape index (κ3) is 7.48. The van der Waals surface area contributed by atoms with Crippen LogP contribution < -0.4 is 15.4 Å². The van der Waals surface area contributed by atoms with Crippen LogP contribution in [-0.4, -0.2) is 67.4 Å². The lowest BCUT2D eigenvalue weighted by molar-refractivity contribution is 0.0211. The van der Waals surface area contributed by atoms with Gasteiger partial charge in [0, 0.05) is 44.5 Å². The van der Waals surface area contributed by atoms with Crippen molar-refractivity contribution in [1.29, 1.82) is 0 Å². The molecule has 1 saturated heterocycles. The number of hydrogen-bond acceptors (Lipinski definition) is 5. The summed E-state index contributed by atoms with van der Waals surface area (Å²) in [6.45, 7) is 10.3. The second-order valence-corrected chi connectivity index (χ2v) is 7.95. The summed E-state index contributed by atoms with van der Waals surface area (Å²) in [4.78, 5) is 11.6. The maximum absolute atomic E-state index is 6.09. The highest BCUT2D eigenvalue weighted by Crippen LogP contribution is 2.22. The van der Waals surface area contributed by atoms with Gasteiger partial charge in [0.05, 0.1) is 19.8 Å². The van der Waals surface area contributed by atoms with E-state index >= 15 is 0 Å². The topological polar surface area (TPSA) is 71.0 Å². The van der Waals surface area contributed by atoms with Gasteiger partial charge in [0.15, 0.2) is 5.96 Å². The van der Waals surface area contributed by atoms with Crippen LogP contribution in [0.2, 0.25) is 0 Å². The highest BCUT2D eigenvalue weighted by molar-refractivity contribution is 5.79. The maximum Gasteiger partial charge on any atom is 0.213 e. The standard InChI is InChI=1S/C22H37N5O2/c1-3-23-22(25-16-18(2)27-11-13-28-14-12-27)26-17-19-9-10-24-21(15-19)29-20-7-5-4-6-8-20/h9-10,15,18,20H,3-8,11-14,16-17H2,1-2H3,(H2,23,25,26). The number of aromatic nitrogens is 1. The smallest absolute Gasteiger partial charge is 0.213 e. The Bertz CT molecular complexity index is 627. The minimum atomic E-state index is 0.315. The van der Waals surface area contributed by atoms with Crippen LogP contribution in [0.4, 0.5) is 0 Å². The van der Waals surface area contributed by atoms with Crippen molar-refractivity contribution in [3.63, 3.8) is 0 Å². The van der Waals surface area contributed by atoms with Gasteiger partial charge in [-0.25, -0.2) is 9.98 Å². The number of nitrogens with one attached hydrogen (secondary N) is 2. The van der Waals surface area contributed by atoms with Crippen molar-refractivity contribution in [2.24, 2.45) is 4.99 Å². The molecule has 1 aliphatic carbocycles. The van der Waals surface area contributed by atoms with Gasteiger partial charge in [-0.15, -0.1) is 0 Å². The van der Waals surface area contributed by atoms with Gasteiger partial charge in [0.1, 0.15) is 6.10 Å². The Morgan fingerprint density at radius 3 is 2.83 bits per heavy atom. The zero-order chi connectivity index (χ0) is 20.3. The van der Waals surface area contributed by atoms with Crippen LogP contribution in [0.5, 0.6) is 5.88 Å². The van der Waals surface area contributed by atoms with Crippen LogP contribution in [-0.2, 0) is 11.3 Å². The lowest BCUT2D eigenvalue weighted by Gasteiger charge is -2.32. The largest absolute Gasteiger partial charge is 0.474 e. The van der Waals surface area contributed by atoms with Gasteiger partial charge in [0.2, 0.25) is 5.88 Å². The third-order valence-electron chi connectivity index (χ3n) is 5.64. The van der Waals surface area contributed by atoms with E-state index < -0.39 is 0 Å². The highest BCUT2D eigenvalue weighted by atomic mass is 16.5. The Kier molecular flexibility index (Phi) is 9.02. The van der Waals surface area contributed by atoms with Crippen molar-refractivity contribution in [2.75, 3.05) is 39.4 Å². The summed E-state index contributed by atoms with van der Waals surface area (Å²) < 4.78 is 11.5. The van der Waals surface area contributed by atoms with E-state index in [2.05, 4.69) is 34.4 Å². The van der Waals surface area contributed by atoms with E-state index in [0.29, 0.717) is 18.7 Å². The Labute approximate surface area is 175 Å². The van der Waals surface area contributed by atoms with E-state index in [4.69, 9.17) is 14.5 Å². The van der Waals surface area contributed by atoms with Crippen LogP contribution in [0.15, 0.2) is 23.3 Å². The number of hydrogen-bond donors (Lipinski definition) is 2. The number of guanidine groups is 1. The number of ether oxygens (including phenoxy) is 2. The summed E-state index contributed by atoms with van der Waals surface area (Å²) in [7, 11) is 0. The first-order valence-corrected chi connectivity index (χ1v) is 11.2. The summed E-state index contributed by atoms with van der Waals surface area (Å²) in [6, 6.07) is 4.48. The Hall–Kier alpha value is -1.86. The molecule has 2 heterocycles. The third-order valence-corrected chi connectivity index (χ3v) is 5.64. The van der Waals surface area contributed by atoms with Crippen LogP contribution in [0.1, 0.15) is 51.5 Å². The Morgan fingerprint density at radius 1 is 1.28 bits per heavy atom.